The van der Waals surface area contributed by atoms with Crippen LogP contribution >= 0.6 is 15.9 Å². The molecule has 2 aromatic rings. The highest BCUT2D eigenvalue weighted by atomic mass is 79.9. The second kappa shape index (κ2) is 5.76. The maximum absolute atomic E-state index is 6.41. The minimum Gasteiger partial charge on any atom is -0.496 e. The lowest BCUT2D eigenvalue weighted by atomic mass is 9.94. The number of ether oxygens (including phenoxy) is 1. The smallest absolute Gasteiger partial charge is 0.124 e. The molecule has 0 aliphatic rings. The maximum Gasteiger partial charge on any atom is 0.124 e. The largest absolute Gasteiger partial charge is 0.496 e. The van der Waals surface area contributed by atoms with Crippen molar-refractivity contribution in [1.29, 1.82) is 0 Å². The van der Waals surface area contributed by atoms with Gasteiger partial charge < -0.3 is 10.5 Å². The van der Waals surface area contributed by atoms with E-state index in [9.17, 15) is 0 Å². The summed E-state index contributed by atoms with van der Waals surface area (Å²) in [6.45, 7) is 4.18. The van der Waals surface area contributed by atoms with Crippen LogP contribution < -0.4 is 10.5 Å². The first kappa shape index (κ1) is 14.1. The number of halogens is 1. The molecule has 0 saturated heterocycles. The van der Waals surface area contributed by atoms with E-state index >= 15 is 0 Å². The molecule has 0 aliphatic carbocycles. The average Bonchev–Trinajstić information content (AvgIpc) is 2.38. The van der Waals surface area contributed by atoms with Gasteiger partial charge in [-0.15, -0.1) is 0 Å². The second-order valence-corrected chi connectivity index (χ2v) is 5.64. The predicted molar refractivity (Wildman–Crippen MR) is 82.6 cm³/mol. The summed E-state index contributed by atoms with van der Waals surface area (Å²) in [4.78, 5) is 0. The van der Waals surface area contributed by atoms with E-state index in [0.29, 0.717) is 0 Å². The highest BCUT2D eigenvalue weighted by Crippen LogP contribution is 2.32. The van der Waals surface area contributed by atoms with E-state index in [-0.39, 0.29) is 6.04 Å². The monoisotopic (exact) mass is 319 g/mol. The van der Waals surface area contributed by atoms with Crippen molar-refractivity contribution in [2.75, 3.05) is 7.11 Å². The Balaban J connectivity index is 2.49. The van der Waals surface area contributed by atoms with Gasteiger partial charge in [0.1, 0.15) is 5.75 Å². The summed E-state index contributed by atoms with van der Waals surface area (Å²) in [7, 11) is 1.67. The van der Waals surface area contributed by atoms with Gasteiger partial charge in [-0.05, 0) is 43.2 Å². The van der Waals surface area contributed by atoms with Crippen molar-refractivity contribution in [2.45, 2.75) is 19.9 Å². The Morgan fingerprint density at radius 1 is 1.05 bits per heavy atom. The molecule has 1 atom stereocenters. The first-order chi connectivity index (χ1) is 9.02. The molecule has 19 heavy (non-hydrogen) atoms. The van der Waals surface area contributed by atoms with Gasteiger partial charge in [-0.1, -0.05) is 39.7 Å². The summed E-state index contributed by atoms with van der Waals surface area (Å²) >= 11 is 3.49. The van der Waals surface area contributed by atoms with Gasteiger partial charge in [-0.3, -0.25) is 0 Å². The third kappa shape index (κ3) is 2.99. The zero-order valence-corrected chi connectivity index (χ0v) is 13.0. The molecule has 0 aliphatic heterocycles. The van der Waals surface area contributed by atoms with Crippen LogP contribution in [0.25, 0.3) is 0 Å². The zero-order chi connectivity index (χ0) is 14.0. The SMILES string of the molecule is COc1ccc(Br)cc1C(N)c1ccc(C)cc1C. The number of nitrogens with two attached hydrogens (primary N) is 1. The van der Waals surface area contributed by atoms with E-state index in [1.165, 1.54) is 11.1 Å². The number of aryl methyl sites for hydroxylation is 2. The molecule has 1 unspecified atom stereocenters. The Hall–Kier alpha value is -1.32. The van der Waals surface area contributed by atoms with Crippen molar-refractivity contribution < 1.29 is 4.74 Å². The van der Waals surface area contributed by atoms with Gasteiger partial charge in [-0.25, -0.2) is 0 Å². The molecule has 0 radical (unpaired) electrons. The van der Waals surface area contributed by atoms with Crippen LogP contribution in [0.4, 0.5) is 0 Å². The summed E-state index contributed by atoms with van der Waals surface area (Å²) in [5.41, 5.74) is 11.0. The Labute approximate surface area is 122 Å². The molecular weight excluding hydrogens is 302 g/mol. The molecule has 0 saturated carbocycles. The van der Waals surface area contributed by atoms with Crippen LogP contribution in [0.2, 0.25) is 0 Å². The second-order valence-electron chi connectivity index (χ2n) is 4.72. The van der Waals surface area contributed by atoms with Gasteiger partial charge in [0, 0.05) is 10.0 Å². The van der Waals surface area contributed by atoms with E-state index in [1.807, 2.05) is 18.2 Å². The molecule has 0 amide bonds. The molecule has 2 rings (SSSR count). The molecule has 2 N–H and O–H groups in total. The van der Waals surface area contributed by atoms with Gasteiger partial charge in [0.25, 0.3) is 0 Å². The van der Waals surface area contributed by atoms with Crippen LogP contribution in [0.1, 0.15) is 28.3 Å². The minimum absolute atomic E-state index is 0.187. The van der Waals surface area contributed by atoms with E-state index in [1.54, 1.807) is 7.11 Å². The van der Waals surface area contributed by atoms with Gasteiger partial charge in [0.05, 0.1) is 13.2 Å². The average molecular weight is 320 g/mol. The molecule has 0 bridgehead atoms. The number of benzene rings is 2. The van der Waals surface area contributed by atoms with Gasteiger partial charge in [0.15, 0.2) is 0 Å². The predicted octanol–water partition coefficient (Wildman–Crippen LogP) is 4.12. The van der Waals surface area contributed by atoms with Crippen LogP contribution in [-0.4, -0.2) is 7.11 Å². The highest BCUT2D eigenvalue weighted by Gasteiger charge is 2.16. The fourth-order valence-corrected chi connectivity index (χ4v) is 2.67. The van der Waals surface area contributed by atoms with Crippen LogP contribution in [0.3, 0.4) is 0 Å². The Morgan fingerprint density at radius 2 is 1.79 bits per heavy atom. The number of hydrogen-bond acceptors (Lipinski definition) is 2. The van der Waals surface area contributed by atoms with E-state index in [4.69, 9.17) is 10.5 Å². The third-order valence-corrected chi connectivity index (χ3v) is 3.78. The van der Waals surface area contributed by atoms with E-state index in [0.717, 1.165) is 21.3 Å². The molecule has 0 aromatic heterocycles. The Kier molecular flexibility index (Phi) is 4.27. The number of methoxy groups -OCH3 is 1. The third-order valence-electron chi connectivity index (χ3n) is 3.29. The van der Waals surface area contributed by atoms with Crippen LogP contribution in [0.15, 0.2) is 40.9 Å². The van der Waals surface area contributed by atoms with Gasteiger partial charge in [0.2, 0.25) is 0 Å². The van der Waals surface area contributed by atoms with Crippen LogP contribution in [0.5, 0.6) is 5.75 Å². The van der Waals surface area contributed by atoms with Crippen molar-refractivity contribution in [2.24, 2.45) is 5.73 Å². The summed E-state index contributed by atoms with van der Waals surface area (Å²) in [6, 6.07) is 12.1. The maximum atomic E-state index is 6.41. The topological polar surface area (TPSA) is 35.2 Å². The van der Waals surface area contributed by atoms with Crippen LogP contribution in [-0.2, 0) is 0 Å². The summed E-state index contributed by atoms with van der Waals surface area (Å²) in [6.07, 6.45) is 0. The van der Waals surface area contributed by atoms with Gasteiger partial charge >= 0.3 is 0 Å². The molecule has 3 heteroatoms. The van der Waals surface area contributed by atoms with Crippen LogP contribution in [0, 0.1) is 13.8 Å². The quantitative estimate of drug-likeness (QED) is 0.923. The van der Waals surface area contributed by atoms with E-state index < -0.39 is 0 Å². The molecule has 0 heterocycles. The minimum atomic E-state index is -0.187. The molecular formula is C16H18BrNO. The highest BCUT2D eigenvalue weighted by molar-refractivity contribution is 9.10. The molecule has 0 spiro atoms. The summed E-state index contributed by atoms with van der Waals surface area (Å²) < 4.78 is 6.41. The first-order valence-electron chi connectivity index (χ1n) is 6.19. The normalized spacial score (nSPS) is 12.3. The van der Waals surface area contributed by atoms with Crippen molar-refractivity contribution in [3.8, 4) is 5.75 Å². The van der Waals surface area contributed by atoms with Crippen molar-refractivity contribution in [3.05, 3.63) is 63.1 Å². The lowest BCUT2D eigenvalue weighted by Crippen LogP contribution is -2.14. The number of hydrogen-bond donors (Lipinski definition) is 1. The lowest BCUT2D eigenvalue weighted by Gasteiger charge is -2.18. The fourth-order valence-electron chi connectivity index (χ4n) is 2.29. The van der Waals surface area contributed by atoms with Crippen molar-refractivity contribution in [3.63, 3.8) is 0 Å². The Bertz CT molecular complexity index is 595. The summed E-state index contributed by atoms with van der Waals surface area (Å²) in [5, 5.41) is 0. The molecule has 2 aromatic carbocycles. The fraction of sp³-hybridized carbons (Fsp3) is 0.250. The van der Waals surface area contributed by atoms with Crippen molar-refractivity contribution >= 4 is 15.9 Å². The lowest BCUT2D eigenvalue weighted by molar-refractivity contribution is 0.407. The van der Waals surface area contributed by atoms with Crippen molar-refractivity contribution in [1.82, 2.24) is 0 Å². The molecule has 2 nitrogen and oxygen atoms in total. The van der Waals surface area contributed by atoms with E-state index in [2.05, 4.69) is 48.0 Å². The molecule has 0 fully saturated rings. The van der Waals surface area contributed by atoms with Gasteiger partial charge in [-0.2, -0.15) is 0 Å². The first-order valence-corrected chi connectivity index (χ1v) is 6.98. The summed E-state index contributed by atoms with van der Waals surface area (Å²) in [5.74, 6) is 0.815. The Morgan fingerprint density at radius 3 is 2.42 bits per heavy atom. The standard InChI is InChI=1S/C16H18BrNO/c1-10-4-6-13(11(2)8-10)16(18)14-9-12(17)5-7-15(14)19-3/h4-9,16H,18H2,1-3H3. The zero-order valence-electron chi connectivity index (χ0n) is 11.4. The molecule has 100 valence electrons. The number of rotatable bonds is 3.